The van der Waals surface area contributed by atoms with Gasteiger partial charge in [0.2, 0.25) is 0 Å². The zero-order valence-corrected chi connectivity index (χ0v) is 17.1. The Labute approximate surface area is 156 Å². The number of rotatable bonds is 1. The third kappa shape index (κ3) is 3.08. The molecule has 5 heteroatoms. The molecule has 3 rings (SSSR count). The summed E-state index contributed by atoms with van der Waals surface area (Å²) < 4.78 is 5.02. The number of ether oxygens (including phenoxy) is 1. The molecule has 0 radical (unpaired) electrons. The number of piperidine rings is 1. The summed E-state index contributed by atoms with van der Waals surface area (Å²) in [6.07, 6.45) is 3.67. The van der Waals surface area contributed by atoms with Gasteiger partial charge in [-0.2, -0.15) is 0 Å². The Balaban J connectivity index is 2.15. The van der Waals surface area contributed by atoms with Gasteiger partial charge in [0.05, 0.1) is 19.2 Å². The van der Waals surface area contributed by atoms with E-state index in [0.717, 1.165) is 5.56 Å². The highest BCUT2D eigenvalue weighted by molar-refractivity contribution is 6.83. The van der Waals surface area contributed by atoms with Crippen molar-refractivity contribution in [3.05, 3.63) is 48.0 Å². The fourth-order valence-electron chi connectivity index (χ4n) is 4.03. The molecule has 5 unspecified atom stereocenters. The van der Waals surface area contributed by atoms with Gasteiger partial charge in [-0.25, -0.2) is 4.79 Å². The molecule has 1 aromatic carbocycles. The van der Waals surface area contributed by atoms with Crippen LogP contribution in [0.1, 0.15) is 18.4 Å². The van der Waals surface area contributed by atoms with Crippen LogP contribution in [0.25, 0.3) is 0 Å². The van der Waals surface area contributed by atoms with Gasteiger partial charge in [-0.1, -0.05) is 75.0 Å². The average molecular weight is 370 g/mol. The first-order valence-corrected chi connectivity index (χ1v) is 12.6. The zero-order chi connectivity index (χ0) is 19.1. The lowest BCUT2D eigenvalue weighted by atomic mass is 9.67. The molecule has 1 N–H and O–H groups in total. The maximum absolute atomic E-state index is 12.4. The van der Waals surface area contributed by atoms with E-state index in [-0.39, 0.29) is 30.0 Å². The highest BCUT2D eigenvalue weighted by atomic mass is 28.3. The Bertz CT molecular complexity index is 774. The molecule has 1 fully saturated rings. The molecule has 26 heavy (non-hydrogen) atoms. The number of carbonyl (C=O) groups is 1. The van der Waals surface area contributed by atoms with Crippen molar-refractivity contribution in [1.82, 2.24) is 4.90 Å². The SMILES string of the molecule is COC(=O)N1C2C=CC1C(c1ccccc1)C(O)(C#C[Si](C)(C)C)C2C. The molecule has 0 spiro atoms. The molecule has 138 valence electrons. The Morgan fingerprint density at radius 1 is 1.19 bits per heavy atom. The van der Waals surface area contributed by atoms with Crippen LogP contribution in [-0.2, 0) is 4.74 Å². The van der Waals surface area contributed by atoms with Crippen LogP contribution in [0.4, 0.5) is 4.79 Å². The zero-order valence-electron chi connectivity index (χ0n) is 16.1. The normalized spacial score (nSPS) is 32.8. The van der Waals surface area contributed by atoms with Crippen LogP contribution in [0.3, 0.4) is 0 Å². The first-order chi connectivity index (χ1) is 12.2. The standard InChI is InChI=1S/C21H27NO3Si/c1-15-17-11-12-18(22(17)20(23)25-2)19(16-9-7-6-8-10-16)21(15,24)13-14-26(3,4)5/h6-12,15,17-19,24H,1-5H3. The molecule has 1 saturated heterocycles. The molecular weight excluding hydrogens is 342 g/mol. The third-order valence-electron chi connectivity index (χ3n) is 5.35. The number of benzene rings is 1. The van der Waals surface area contributed by atoms with Crippen molar-refractivity contribution in [1.29, 1.82) is 0 Å². The van der Waals surface area contributed by atoms with E-state index in [1.165, 1.54) is 7.11 Å². The van der Waals surface area contributed by atoms with Crippen molar-refractivity contribution in [3.8, 4) is 11.5 Å². The van der Waals surface area contributed by atoms with E-state index in [0.29, 0.717) is 0 Å². The topological polar surface area (TPSA) is 49.8 Å². The van der Waals surface area contributed by atoms with Crippen molar-refractivity contribution >= 4 is 14.2 Å². The van der Waals surface area contributed by atoms with E-state index in [9.17, 15) is 9.90 Å². The summed E-state index contributed by atoms with van der Waals surface area (Å²) in [6, 6.07) is 9.38. The molecule has 2 bridgehead atoms. The highest BCUT2D eigenvalue weighted by Gasteiger charge is 2.58. The Hall–Kier alpha value is -2.03. The number of hydrogen-bond acceptors (Lipinski definition) is 3. The number of nitrogens with zero attached hydrogens (tertiary/aromatic N) is 1. The number of fused-ring (bicyclic) bond motifs is 2. The highest BCUT2D eigenvalue weighted by Crippen LogP contribution is 2.49. The minimum absolute atomic E-state index is 0.214. The smallest absolute Gasteiger partial charge is 0.410 e. The Kier molecular flexibility index (Phi) is 4.76. The molecule has 2 heterocycles. The second kappa shape index (κ2) is 6.60. The van der Waals surface area contributed by atoms with Crippen molar-refractivity contribution in [2.75, 3.05) is 7.11 Å². The van der Waals surface area contributed by atoms with Gasteiger partial charge in [-0.3, -0.25) is 4.90 Å². The predicted octanol–water partition coefficient (Wildman–Crippen LogP) is 3.41. The van der Waals surface area contributed by atoms with Crippen molar-refractivity contribution in [2.45, 2.75) is 50.2 Å². The van der Waals surface area contributed by atoms with E-state index < -0.39 is 13.7 Å². The molecule has 1 amide bonds. The van der Waals surface area contributed by atoms with Crippen LogP contribution in [0.2, 0.25) is 19.6 Å². The first kappa shape index (κ1) is 18.7. The summed E-state index contributed by atoms with van der Waals surface area (Å²) in [5, 5.41) is 11.8. The predicted molar refractivity (Wildman–Crippen MR) is 105 cm³/mol. The number of carbonyl (C=O) groups excluding carboxylic acids is 1. The molecule has 4 nitrogen and oxygen atoms in total. The summed E-state index contributed by atoms with van der Waals surface area (Å²) in [4.78, 5) is 14.2. The summed E-state index contributed by atoms with van der Waals surface area (Å²) in [7, 11) is -0.266. The monoisotopic (exact) mass is 369 g/mol. The fourth-order valence-corrected chi connectivity index (χ4v) is 4.61. The minimum atomic E-state index is -1.66. The van der Waals surface area contributed by atoms with E-state index in [4.69, 9.17) is 4.74 Å². The van der Waals surface area contributed by atoms with E-state index in [1.54, 1.807) is 4.90 Å². The number of hydrogen-bond donors (Lipinski definition) is 1. The van der Waals surface area contributed by atoms with Gasteiger partial charge in [0.15, 0.2) is 0 Å². The fraction of sp³-hybridized carbons (Fsp3) is 0.476. The van der Waals surface area contributed by atoms with Gasteiger partial charge in [-0.15, -0.1) is 5.54 Å². The van der Waals surface area contributed by atoms with Crippen molar-refractivity contribution in [3.63, 3.8) is 0 Å². The van der Waals surface area contributed by atoms with E-state index in [2.05, 4.69) is 31.1 Å². The largest absolute Gasteiger partial charge is 0.453 e. The van der Waals surface area contributed by atoms with Gasteiger partial charge in [0.1, 0.15) is 13.7 Å². The van der Waals surface area contributed by atoms with Crippen LogP contribution < -0.4 is 0 Å². The molecule has 2 aliphatic rings. The third-order valence-corrected chi connectivity index (χ3v) is 6.23. The van der Waals surface area contributed by atoms with E-state index in [1.807, 2.05) is 49.4 Å². The van der Waals surface area contributed by atoms with Gasteiger partial charge < -0.3 is 9.84 Å². The summed E-state index contributed by atoms with van der Waals surface area (Å²) in [5.41, 5.74) is 3.14. The number of methoxy groups -OCH3 is 1. The van der Waals surface area contributed by atoms with Gasteiger partial charge in [-0.05, 0) is 5.56 Å². The lowest BCUT2D eigenvalue weighted by Crippen LogP contribution is -2.63. The van der Waals surface area contributed by atoms with Gasteiger partial charge in [0, 0.05) is 11.8 Å². The van der Waals surface area contributed by atoms with Gasteiger partial charge >= 0.3 is 6.09 Å². The second-order valence-electron chi connectivity index (χ2n) is 8.25. The molecule has 5 atom stereocenters. The number of amides is 1. The Morgan fingerprint density at radius 3 is 2.38 bits per heavy atom. The minimum Gasteiger partial charge on any atom is -0.453 e. The molecule has 0 aliphatic carbocycles. The quantitative estimate of drug-likeness (QED) is 0.469. The lowest BCUT2D eigenvalue weighted by Gasteiger charge is -2.51. The summed E-state index contributed by atoms with van der Waals surface area (Å²) in [5.74, 6) is 2.71. The van der Waals surface area contributed by atoms with Crippen LogP contribution in [0, 0.1) is 17.4 Å². The Morgan fingerprint density at radius 2 is 1.81 bits per heavy atom. The maximum Gasteiger partial charge on any atom is 0.410 e. The van der Waals surface area contributed by atoms with Gasteiger partial charge in [0.25, 0.3) is 0 Å². The lowest BCUT2D eigenvalue weighted by molar-refractivity contribution is -0.0629. The molecule has 0 aromatic heterocycles. The van der Waals surface area contributed by atoms with Crippen LogP contribution in [0.15, 0.2) is 42.5 Å². The van der Waals surface area contributed by atoms with E-state index >= 15 is 0 Å². The molecule has 1 aromatic rings. The summed E-state index contributed by atoms with van der Waals surface area (Å²) in [6.45, 7) is 8.48. The second-order valence-corrected chi connectivity index (χ2v) is 13.0. The first-order valence-electron chi connectivity index (χ1n) is 9.05. The summed E-state index contributed by atoms with van der Waals surface area (Å²) >= 11 is 0. The maximum atomic E-state index is 12.4. The molecular formula is C21H27NO3Si. The molecule has 0 saturated carbocycles. The van der Waals surface area contributed by atoms with Crippen molar-refractivity contribution < 1.29 is 14.6 Å². The molecule has 2 aliphatic heterocycles. The van der Waals surface area contributed by atoms with Crippen LogP contribution in [0.5, 0.6) is 0 Å². The number of aliphatic hydroxyl groups is 1. The van der Waals surface area contributed by atoms with Crippen molar-refractivity contribution in [2.24, 2.45) is 5.92 Å². The average Bonchev–Trinajstić information content (AvgIpc) is 2.99. The van der Waals surface area contributed by atoms with Crippen LogP contribution in [-0.4, -0.2) is 49.0 Å². The van der Waals surface area contributed by atoms with Crippen LogP contribution >= 0.6 is 0 Å².